The van der Waals surface area contributed by atoms with Crippen LogP contribution in [-0.4, -0.2) is 25.6 Å². The van der Waals surface area contributed by atoms with Crippen LogP contribution in [0.2, 0.25) is 0 Å². The molecule has 1 fully saturated rings. The van der Waals surface area contributed by atoms with Gasteiger partial charge in [0.25, 0.3) is 0 Å². The molecule has 104 valence electrons. The highest BCUT2D eigenvalue weighted by atomic mass is 16.5. The van der Waals surface area contributed by atoms with Gasteiger partial charge in [-0.25, -0.2) is 0 Å². The number of carbonyl (C=O) groups is 1. The molecule has 0 radical (unpaired) electrons. The van der Waals surface area contributed by atoms with Gasteiger partial charge in [0.15, 0.2) is 5.78 Å². The second kappa shape index (κ2) is 6.20. The molecule has 3 nitrogen and oxygen atoms in total. The SMILES string of the molecule is CCOC1CC(CC(=O)c2ccc(OC)c(C)c2)C1. The molecule has 0 aromatic heterocycles. The molecule has 1 aromatic rings. The predicted octanol–water partition coefficient (Wildman–Crippen LogP) is 3.39. The Bertz CT molecular complexity index is 447. The van der Waals surface area contributed by atoms with Crippen LogP contribution in [0.25, 0.3) is 0 Å². The van der Waals surface area contributed by atoms with Gasteiger partial charge in [-0.3, -0.25) is 4.79 Å². The lowest BCUT2D eigenvalue weighted by molar-refractivity contribution is -0.0246. The minimum atomic E-state index is 0.228. The van der Waals surface area contributed by atoms with E-state index < -0.39 is 0 Å². The molecule has 2 rings (SSSR count). The highest BCUT2D eigenvalue weighted by Gasteiger charge is 2.31. The van der Waals surface area contributed by atoms with Gasteiger partial charge in [0.2, 0.25) is 0 Å². The summed E-state index contributed by atoms with van der Waals surface area (Å²) in [5, 5.41) is 0. The minimum Gasteiger partial charge on any atom is -0.496 e. The molecule has 1 aliphatic rings. The van der Waals surface area contributed by atoms with Gasteiger partial charge < -0.3 is 9.47 Å². The van der Waals surface area contributed by atoms with Crippen molar-refractivity contribution in [1.29, 1.82) is 0 Å². The van der Waals surface area contributed by atoms with Crippen molar-refractivity contribution in [2.24, 2.45) is 5.92 Å². The number of hydrogen-bond acceptors (Lipinski definition) is 3. The number of hydrogen-bond donors (Lipinski definition) is 0. The first kappa shape index (κ1) is 14.1. The van der Waals surface area contributed by atoms with Crippen LogP contribution in [-0.2, 0) is 4.74 Å². The molecule has 0 bridgehead atoms. The van der Waals surface area contributed by atoms with Crippen LogP contribution in [0, 0.1) is 12.8 Å². The number of benzene rings is 1. The second-order valence-electron chi connectivity index (χ2n) is 5.23. The monoisotopic (exact) mass is 262 g/mol. The summed E-state index contributed by atoms with van der Waals surface area (Å²) < 4.78 is 10.7. The molecule has 19 heavy (non-hydrogen) atoms. The highest BCUT2D eigenvalue weighted by molar-refractivity contribution is 5.96. The van der Waals surface area contributed by atoms with E-state index in [1.54, 1.807) is 7.11 Å². The van der Waals surface area contributed by atoms with E-state index >= 15 is 0 Å². The van der Waals surface area contributed by atoms with Gasteiger partial charge in [0, 0.05) is 18.6 Å². The molecule has 3 heteroatoms. The molecule has 0 saturated heterocycles. The van der Waals surface area contributed by atoms with Crippen LogP contribution in [0.15, 0.2) is 18.2 Å². The Hall–Kier alpha value is -1.35. The third kappa shape index (κ3) is 3.35. The van der Waals surface area contributed by atoms with Gasteiger partial charge >= 0.3 is 0 Å². The van der Waals surface area contributed by atoms with Crippen molar-refractivity contribution in [3.63, 3.8) is 0 Å². The first-order chi connectivity index (χ1) is 9.13. The summed E-state index contributed by atoms with van der Waals surface area (Å²) >= 11 is 0. The summed E-state index contributed by atoms with van der Waals surface area (Å²) in [5.74, 6) is 1.55. The van der Waals surface area contributed by atoms with Gasteiger partial charge in [-0.1, -0.05) is 0 Å². The van der Waals surface area contributed by atoms with E-state index in [1.165, 1.54) is 0 Å². The largest absolute Gasteiger partial charge is 0.496 e. The van der Waals surface area contributed by atoms with Gasteiger partial charge in [-0.2, -0.15) is 0 Å². The molecule has 1 saturated carbocycles. The molecular weight excluding hydrogens is 240 g/mol. The molecule has 0 amide bonds. The molecule has 1 aliphatic carbocycles. The number of Topliss-reactive ketones (excluding diaryl/α,β-unsaturated/α-hetero) is 1. The quantitative estimate of drug-likeness (QED) is 0.737. The number of ketones is 1. The third-order valence-electron chi connectivity index (χ3n) is 3.79. The van der Waals surface area contributed by atoms with Gasteiger partial charge in [0.05, 0.1) is 13.2 Å². The topological polar surface area (TPSA) is 35.5 Å². The van der Waals surface area contributed by atoms with Crippen molar-refractivity contribution in [1.82, 2.24) is 0 Å². The van der Waals surface area contributed by atoms with Crippen molar-refractivity contribution in [2.45, 2.75) is 39.2 Å². The minimum absolute atomic E-state index is 0.228. The van der Waals surface area contributed by atoms with E-state index in [-0.39, 0.29) is 5.78 Å². The average molecular weight is 262 g/mol. The van der Waals surface area contributed by atoms with Crippen LogP contribution >= 0.6 is 0 Å². The van der Waals surface area contributed by atoms with Gasteiger partial charge in [-0.15, -0.1) is 0 Å². The molecule has 1 aromatic carbocycles. The first-order valence-corrected chi connectivity index (χ1v) is 6.93. The Kier molecular flexibility index (Phi) is 4.59. The number of ether oxygens (including phenoxy) is 2. The van der Waals surface area contributed by atoms with Gasteiger partial charge in [-0.05, 0) is 56.4 Å². The van der Waals surface area contributed by atoms with E-state index in [2.05, 4.69) is 0 Å². The van der Waals surface area contributed by atoms with E-state index in [1.807, 2.05) is 32.0 Å². The summed E-state index contributed by atoms with van der Waals surface area (Å²) in [6.45, 7) is 4.74. The van der Waals surface area contributed by atoms with Crippen LogP contribution in [0.4, 0.5) is 0 Å². The lowest BCUT2D eigenvalue weighted by Crippen LogP contribution is -2.32. The maximum atomic E-state index is 12.2. The van der Waals surface area contributed by atoms with E-state index in [9.17, 15) is 4.79 Å². The Morgan fingerprint density at radius 3 is 2.68 bits per heavy atom. The molecule has 0 aliphatic heterocycles. The van der Waals surface area contributed by atoms with Crippen LogP contribution in [0.3, 0.4) is 0 Å². The second-order valence-corrected chi connectivity index (χ2v) is 5.23. The Morgan fingerprint density at radius 1 is 1.37 bits per heavy atom. The van der Waals surface area contributed by atoms with Crippen molar-refractivity contribution >= 4 is 5.78 Å². The zero-order valence-corrected chi connectivity index (χ0v) is 11.9. The van der Waals surface area contributed by atoms with Crippen molar-refractivity contribution in [3.8, 4) is 5.75 Å². The summed E-state index contributed by atoms with van der Waals surface area (Å²) in [7, 11) is 1.64. The number of methoxy groups -OCH3 is 1. The summed E-state index contributed by atoms with van der Waals surface area (Å²) in [4.78, 5) is 12.2. The highest BCUT2D eigenvalue weighted by Crippen LogP contribution is 2.33. The van der Waals surface area contributed by atoms with E-state index in [0.717, 1.165) is 36.3 Å². The fraction of sp³-hybridized carbons (Fsp3) is 0.562. The summed E-state index contributed by atoms with van der Waals surface area (Å²) in [6.07, 6.45) is 3.05. The number of carbonyl (C=O) groups excluding carboxylic acids is 1. The molecule has 0 unspecified atom stereocenters. The Labute approximate surface area is 114 Å². The van der Waals surface area contributed by atoms with Crippen LogP contribution in [0.1, 0.15) is 42.1 Å². The van der Waals surface area contributed by atoms with Crippen LogP contribution < -0.4 is 4.74 Å². The maximum absolute atomic E-state index is 12.2. The predicted molar refractivity (Wildman–Crippen MR) is 74.8 cm³/mol. The smallest absolute Gasteiger partial charge is 0.163 e. The number of aryl methyl sites for hydroxylation is 1. The third-order valence-corrected chi connectivity index (χ3v) is 3.79. The lowest BCUT2D eigenvalue weighted by Gasteiger charge is -2.34. The number of rotatable bonds is 6. The zero-order valence-electron chi connectivity index (χ0n) is 11.9. The Balaban J connectivity index is 1.89. The normalized spacial score (nSPS) is 21.8. The Morgan fingerprint density at radius 2 is 2.11 bits per heavy atom. The fourth-order valence-electron chi connectivity index (χ4n) is 2.64. The maximum Gasteiger partial charge on any atom is 0.163 e. The lowest BCUT2D eigenvalue weighted by atomic mass is 9.78. The van der Waals surface area contributed by atoms with Crippen molar-refractivity contribution < 1.29 is 14.3 Å². The molecule has 0 N–H and O–H groups in total. The van der Waals surface area contributed by atoms with Crippen molar-refractivity contribution in [3.05, 3.63) is 29.3 Å². The first-order valence-electron chi connectivity index (χ1n) is 6.93. The van der Waals surface area contributed by atoms with Crippen LogP contribution in [0.5, 0.6) is 5.75 Å². The fourth-order valence-corrected chi connectivity index (χ4v) is 2.64. The zero-order chi connectivity index (χ0) is 13.8. The molecule has 0 spiro atoms. The van der Waals surface area contributed by atoms with Gasteiger partial charge in [0.1, 0.15) is 5.75 Å². The molecule has 0 heterocycles. The van der Waals surface area contributed by atoms with E-state index in [4.69, 9.17) is 9.47 Å². The average Bonchev–Trinajstić information content (AvgIpc) is 2.36. The van der Waals surface area contributed by atoms with E-state index in [0.29, 0.717) is 18.4 Å². The standard InChI is InChI=1S/C16H22O3/c1-4-19-14-8-12(9-14)10-15(17)13-5-6-16(18-3)11(2)7-13/h5-7,12,14H,4,8-10H2,1-3H3. The van der Waals surface area contributed by atoms with Crippen molar-refractivity contribution in [2.75, 3.05) is 13.7 Å². The molecular formula is C16H22O3. The summed E-state index contributed by atoms with van der Waals surface area (Å²) in [5.41, 5.74) is 1.80. The summed E-state index contributed by atoms with van der Waals surface area (Å²) in [6, 6.07) is 5.64. The molecule has 0 atom stereocenters.